The average molecular weight is 390 g/mol. The van der Waals surface area contributed by atoms with Crippen molar-refractivity contribution in [3.8, 4) is 0 Å². The number of carbonyl (C=O) groups excluding carboxylic acids is 1. The fourth-order valence-electron chi connectivity index (χ4n) is 2.84. The Morgan fingerprint density at radius 1 is 1.11 bits per heavy atom. The minimum atomic E-state index is -3.89. The Morgan fingerprint density at radius 3 is 2.26 bits per heavy atom. The Labute approximate surface area is 159 Å². The van der Waals surface area contributed by atoms with Gasteiger partial charge in [-0.3, -0.25) is 20.5 Å². The van der Waals surface area contributed by atoms with E-state index >= 15 is 0 Å². The lowest BCUT2D eigenvalue weighted by Crippen LogP contribution is -2.45. The van der Waals surface area contributed by atoms with Gasteiger partial charge >= 0.3 is 6.03 Å². The second kappa shape index (κ2) is 8.71. The fraction of sp³-hybridized carbons (Fsp3) is 0.471. The van der Waals surface area contributed by atoms with Crippen molar-refractivity contribution in [2.75, 3.05) is 19.5 Å². The predicted molar refractivity (Wildman–Crippen MR) is 102 cm³/mol. The molecule has 1 aromatic carbocycles. The van der Waals surface area contributed by atoms with E-state index in [0.29, 0.717) is 0 Å². The molecule has 1 fully saturated rings. The number of benzene rings is 1. The minimum Gasteiger partial charge on any atom is -0.334 e. The van der Waals surface area contributed by atoms with Crippen LogP contribution >= 0.6 is 0 Å². The molecule has 0 bridgehead atoms. The van der Waals surface area contributed by atoms with Gasteiger partial charge in [-0.2, -0.15) is 0 Å². The smallest absolute Gasteiger partial charge is 0.333 e. The third-order valence-electron chi connectivity index (χ3n) is 4.33. The molecule has 10 heteroatoms. The monoisotopic (exact) mass is 390 g/mol. The fourth-order valence-corrected chi connectivity index (χ4v) is 3.88. The predicted octanol–water partition coefficient (Wildman–Crippen LogP) is 3.00. The summed E-state index contributed by atoms with van der Waals surface area (Å²) in [5.74, 6) is 0. The average Bonchev–Trinajstić information content (AvgIpc) is 2.66. The molecule has 1 aromatic rings. The van der Waals surface area contributed by atoms with Gasteiger partial charge in [0.1, 0.15) is 0 Å². The molecule has 27 heavy (non-hydrogen) atoms. The maximum absolute atomic E-state index is 12.6. The van der Waals surface area contributed by atoms with Crippen LogP contribution < -0.4 is 16.2 Å². The van der Waals surface area contributed by atoms with Gasteiger partial charge in [0.25, 0.3) is 0 Å². The van der Waals surface area contributed by atoms with Crippen LogP contribution in [0.1, 0.15) is 32.1 Å². The van der Waals surface area contributed by atoms with E-state index in [0.717, 1.165) is 42.5 Å². The van der Waals surface area contributed by atoms with Gasteiger partial charge in [-0.05, 0) is 25.0 Å². The van der Waals surface area contributed by atoms with E-state index in [2.05, 4.69) is 25.9 Å². The van der Waals surface area contributed by atoms with Crippen molar-refractivity contribution in [1.82, 2.24) is 15.0 Å². The molecular weight excluding hydrogens is 368 g/mol. The van der Waals surface area contributed by atoms with Crippen LogP contribution in [0.25, 0.3) is 9.69 Å². The van der Waals surface area contributed by atoms with Gasteiger partial charge in [0, 0.05) is 20.1 Å². The van der Waals surface area contributed by atoms with Gasteiger partial charge in [-0.1, -0.05) is 19.3 Å². The second-order valence-corrected chi connectivity index (χ2v) is 8.53. The van der Waals surface area contributed by atoms with E-state index < -0.39 is 16.1 Å². The van der Waals surface area contributed by atoms with Crippen molar-refractivity contribution < 1.29 is 13.2 Å². The molecule has 9 nitrogen and oxygen atoms in total. The standard InChI is InChI=1S/C17H22N6O3S/c1-18-13-10-15(16(11-14(13)19-2)27(25,26)23(3)4)21-22-17(24)20-12-8-6-5-7-9-12/h10-12,21H,5-9H2,3-4H3,(H2,20,22,24). The molecule has 0 heterocycles. The molecule has 0 aliphatic heterocycles. The number of sulfonamides is 1. The Bertz CT molecular complexity index is 892. The lowest BCUT2D eigenvalue weighted by molar-refractivity contribution is 0.234. The highest BCUT2D eigenvalue weighted by atomic mass is 32.2. The number of urea groups is 1. The molecule has 0 spiro atoms. The first-order chi connectivity index (χ1) is 12.8. The third kappa shape index (κ3) is 4.88. The highest BCUT2D eigenvalue weighted by molar-refractivity contribution is 7.89. The topological polar surface area (TPSA) is 99.3 Å². The Morgan fingerprint density at radius 2 is 1.70 bits per heavy atom. The van der Waals surface area contributed by atoms with Crippen LogP contribution in [0.15, 0.2) is 17.0 Å². The number of nitrogens with one attached hydrogen (secondary N) is 3. The number of rotatable bonds is 5. The van der Waals surface area contributed by atoms with Crippen LogP contribution in [0.2, 0.25) is 0 Å². The molecule has 1 aliphatic rings. The van der Waals surface area contributed by atoms with E-state index in [1.54, 1.807) is 0 Å². The number of nitrogens with zero attached hydrogens (tertiary/aromatic N) is 3. The molecule has 2 amide bonds. The number of hydrogen-bond donors (Lipinski definition) is 3. The number of amides is 2. The normalized spacial score (nSPS) is 14.9. The van der Waals surface area contributed by atoms with Crippen LogP contribution in [0.3, 0.4) is 0 Å². The van der Waals surface area contributed by atoms with E-state index in [4.69, 9.17) is 13.1 Å². The number of hydrogen-bond acceptors (Lipinski definition) is 4. The first kappa shape index (κ1) is 20.5. The maximum atomic E-state index is 12.6. The van der Waals surface area contributed by atoms with Crippen molar-refractivity contribution in [1.29, 1.82) is 0 Å². The van der Waals surface area contributed by atoms with E-state index in [9.17, 15) is 13.2 Å². The van der Waals surface area contributed by atoms with E-state index in [1.807, 2.05) is 0 Å². The van der Waals surface area contributed by atoms with Gasteiger partial charge < -0.3 is 5.32 Å². The number of anilines is 1. The molecule has 0 saturated heterocycles. The van der Waals surface area contributed by atoms with Crippen molar-refractivity contribution >= 4 is 33.1 Å². The SMILES string of the molecule is [C-]#[N+]c1cc(NNC(=O)NC2CCCCC2)c(S(=O)(=O)N(C)C)cc1[N+]#[C-]. The van der Waals surface area contributed by atoms with Crippen molar-refractivity contribution in [2.45, 2.75) is 43.0 Å². The molecule has 3 N–H and O–H groups in total. The molecule has 1 saturated carbocycles. The minimum absolute atomic E-state index is 0.000283. The van der Waals surface area contributed by atoms with Crippen molar-refractivity contribution in [3.63, 3.8) is 0 Å². The molecule has 2 rings (SSSR count). The maximum Gasteiger partial charge on any atom is 0.333 e. The zero-order chi connectivity index (χ0) is 20.0. The molecule has 144 valence electrons. The highest BCUT2D eigenvalue weighted by Crippen LogP contribution is 2.37. The van der Waals surface area contributed by atoms with Gasteiger partial charge in [-0.25, -0.2) is 17.5 Å². The number of carbonyl (C=O) groups is 1. The lowest BCUT2D eigenvalue weighted by atomic mass is 9.96. The molecular formula is C17H22N6O3S. The molecule has 0 unspecified atom stereocenters. The first-order valence-corrected chi connectivity index (χ1v) is 9.91. The van der Waals surface area contributed by atoms with Crippen molar-refractivity contribution in [2.24, 2.45) is 0 Å². The summed E-state index contributed by atoms with van der Waals surface area (Å²) in [6.45, 7) is 14.3. The summed E-state index contributed by atoms with van der Waals surface area (Å²) in [5, 5.41) is 2.84. The largest absolute Gasteiger partial charge is 0.334 e. The second-order valence-electron chi connectivity index (χ2n) is 6.41. The summed E-state index contributed by atoms with van der Waals surface area (Å²) in [5.41, 5.74) is 4.96. The quantitative estimate of drug-likeness (QED) is 0.532. The highest BCUT2D eigenvalue weighted by Gasteiger charge is 2.24. The van der Waals surface area contributed by atoms with Gasteiger partial charge in [0.05, 0.1) is 23.7 Å². The van der Waals surface area contributed by atoms with E-state index in [-0.39, 0.29) is 28.0 Å². The van der Waals surface area contributed by atoms with Crippen LogP contribution in [-0.2, 0) is 10.0 Å². The summed E-state index contributed by atoms with van der Waals surface area (Å²) in [7, 11) is -1.16. The number of hydrazine groups is 1. The Hall–Kier alpha value is -2.82. The molecule has 0 atom stereocenters. The Kier molecular flexibility index (Phi) is 6.61. The molecule has 0 aromatic heterocycles. The summed E-state index contributed by atoms with van der Waals surface area (Å²) in [6, 6.07) is 2.00. The molecule has 1 aliphatic carbocycles. The van der Waals surface area contributed by atoms with Crippen LogP contribution in [0.4, 0.5) is 21.9 Å². The van der Waals surface area contributed by atoms with E-state index in [1.165, 1.54) is 20.2 Å². The summed E-state index contributed by atoms with van der Waals surface area (Å²) in [4.78, 5) is 18.4. The van der Waals surface area contributed by atoms with Crippen LogP contribution in [0, 0.1) is 13.1 Å². The Balaban J connectivity index is 2.25. The van der Waals surface area contributed by atoms with Gasteiger partial charge in [0.2, 0.25) is 10.0 Å². The third-order valence-corrected chi connectivity index (χ3v) is 6.18. The summed E-state index contributed by atoms with van der Waals surface area (Å²) in [6.07, 6.45) is 5.12. The summed E-state index contributed by atoms with van der Waals surface area (Å²) < 4.78 is 26.1. The molecule has 0 radical (unpaired) electrons. The van der Waals surface area contributed by atoms with Gasteiger partial charge in [0.15, 0.2) is 11.4 Å². The first-order valence-electron chi connectivity index (χ1n) is 8.47. The van der Waals surface area contributed by atoms with Gasteiger partial charge in [-0.15, -0.1) is 0 Å². The van der Waals surface area contributed by atoms with Crippen LogP contribution in [-0.4, -0.2) is 38.9 Å². The summed E-state index contributed by atoms with van der Waals surface area (Å²) >= 11 is 0. The zero-order valence-electron chi connectivity index (χ0n) is 15.2. The zero-order valence-corrected chi connectivity index (χ0v) is 16.1. The lowest BCUT2D eigenvalue weighted by Gasteiger charge is -2.23. The van der Waals surface area contributed by atoms with Crippen molar-refractivity contribution in [3.05, 3.63) is 35.0 Å². The van der Waals surface area contributed by atoms with Crippen LogP contribution in [0.5, 0.6) is 0 Å².